The Hall–Kier alpha value is -3.00. The molecule has 2 amide bonds. The van der Waals surface area contributed by atoms with Crippen LogP contribution >= 0.6 is 11.8 Å². The number of rotatable bonds is 6. The standard InChI is InChI=1S/C19H17FN2O4S/c1-25-14-7-8-15(16(10-14)26-2)21-11-22-18(23)17(27-19(22)24)9-12-3-5-13(20)6-4-12/h3-10,21H,11H2,1-2H3/b17-9-. The van der Waals surface area contributed by atoms with E-state index in [2.05, 4.69) is 5.32 Å². The lowest BCUT2D eigenvalue weighted by atomic mass is 10.2. The van der Waals surface area contributed by atoms with E-state index in [9.17, 15) is 14.0 Å². The van der Waals surface area contributed by atoms with Crippen molar-refractivity contribution in [2.75, 3.05) is 26.2 Å². The second-order valence-corrected chi connectivity index (χ2v) is 6.56. The predicted octanol–water partition coefficient (Wildman–Crippen LogP) is 3.95. The maximum absolute atomic E-state index is 13.0. The molecule has 0 saturated carbocycles. The average molecular weight is 388 g/mol. The van der Waals surface area contributed by atoms with Gasteiger partial charge in [0, 0.05) is 6.07 Å². The Morgan fingerprint density at radius 3 is 2.52 bits per heavy atom. The van der Waals surface area contributed by atoms with Gasteiger partial charge in [-0.25, -0.2) is 4.39 Å². The summed E-state index contributed by atoms with van der Waals surface area (Å²) in [6, 6.07) is 10.9. The minimum Gasteiger partial charge on any atom is -0.497 e. The first-order chi connectivity index (χ1) is 13.0. The van der Waals surface area contributed by atoms with Crippen LogP contribution < -0.4 is 14.8 Å². The summed E-state index contributed by atoms with van der Waals surface area (Å²) in [5, 5.41) is 2.64. The molecule has 2 aromatic rings. The van der Waals surface area contributed by atoms with E-state index < -0.39 is 5.91 Å². The van der Waals surface area contributed by atoms with Crippen LogP contribution in [0, 0.1) is 5.82 Å². The van der Waals surface area contributed by atoms with Crippen LogP contribution in [0.25, 0.3) is 6.08 Å². The number of benzene rings is 2. The van der Waals surface area contributed by atoms with Crippen molar-refractivity contribution in [2.24, 2.45) is 0 Å². The second-order valence-electron chi connectivity index (χ2n) is 5.56. The Bertz CT molecular complexity index is 899. The van der Waals surface area contributed by atoms with E-state index in [1.807, 2.05) is 0 Å². The van der Waals surface area contributed by atoms with Crippen LogP contribution in [0.15, 0.2) is 47.4 Å². The van der Waals surface area contributed by atoms with Gasteiger partial charge in [0.05, 0.1) is 31.5 Å². The number of nitrogens with one attached hydrogen (secondary N) is 1. The largest absolute Gasteiger partial charge is 0.497 e. The van der Waals surface area contributed by atoms with Crippen molar-refractivity contribution in [1.82, 2.24) is 4.90 Å². The Labute approximate surface area is 159 Å². The van der Waals surface area contributed by atoms with Crippen molar-refractivity contribution < 1.29 is 23.5 Å². The molecule has 0 aromatic heterocycles. The third-order valence-corrected chi connectivity index (χ3v) is 4.79. The summed E-state index contributed by atoms with van der Waals surface area (Å²) in [6.45, 7) is -0.00584. The highest BCUT2D eigenvalue weighted by molar-refractivity contribution is 8.18. The van der Waals surface area contributed by atoms with E-state index in [0.29, 0.717) is 22.7 Å². The van der Waals surface area contributed by atoms with Crippen molar-refractivity contribution in [2.45, 2.75) is 0 Å². The fourth-order valence-corrected chi connectivity index (χ4v) is 3.29. The summed E-state index contributed by atoms with van der Waals surface area (Å²) in [5.41, 5.74) is 1.27. The van der Waals surface area contributed by atoms with Gasteiger partial charge < -0.3 is 14.8 Å². The fraction of sp³-hybridized carbons (Fsp3) is 0.158. The Kier molecular flexibility index (Phi) is 5.66. The first-order valence-electron chi connectivity index (χ1n) is 7.98. The number of carbonyl (C=O) groups excluding carboxylic acids is 2. The minimum atomic E-state index is -0.408. The lowest BCUT2D eigenvalue weighted by molar-refractivity contribution is -0.122. The summed E-state index contributed by atoms with van der Waals surface area (Å²) in [5.74, 6) is 0.390. The molecule has 0 bridgehead atoms. The molecule has 0 unspecified atom stereocenters. The van der Waals surface area contributed by atoms with Crippen LogP contribution in [0.5, 0.6) is 11.5 Å². The Morgan fingerprint density at radius 2 is 1.85 bits per heavy atom. The third-order valence-electron chi connectivity index (χ3n) is 3.88. The van der Waals surface area contributed by atoms with Gasteiger partial charge in [0.1, 0.15) is 17.3 Å². The van der Waals surface area contributed by atoms with E-state index in [1.54, 1.807) is 43.5 Å². The van der Waals surface area contributed by atoms with Crippen LogP contribution in [0.1, 0.15) is 5.56 Å². The number of anilines is 1. The SMILES string of the molecule is COc1ccc(NCN2C(=O)S/C(=C\c3ccc(F)cc3)C2=O)c(OC)c1. The molecule has 1 aliphatic heterocycles. The number of methoxy groups -OCH3 is 2. The molecule has 6 nitrogen and oxygen atoms in total. The maximum atomic E-state index is 13.0. The highest BCUT2D eigenvalue weighted by Crippen LogP contribution is 2.33. The summed E-state index contributed by atoms with van der Waals surface area (Å²) in [7, 11) is 3.07. The monoisotopic (exact) mass is 388 g/mol. The molecule has 140 valence electrons. The van der Waals surface area contributed by atoms with E-state index >= 15 is 0 Å². The molecule has 0 aliphatic carbocycles. The van der Waals surface area contributed by atoms with Crippen LogP contribution in [0.2, 0.25) is 0 Å². The number of ether oxygens (including phenoxy) is 2. The Morgan fingerprint density at radius 1 is 1.11 bits per heavy atom. The van der Waals surface area contributed by atoms with E-state index in [-0.39, 0.29) is 22.6 Å². The average Bonchev–Trinajstić information content (AvgIpc) is 2.94. The number of halogens is 1. The number of thioether (sulfide) groups is 1. The fourth-order valence-electron chi connectivity index (χ4n) is 2.46. The van der Waals surface area contributed by atoms with Crippen molar-refractivity contribution in [1.29, 1.82) is 0 Å². The molecule has 8 heteroatoms. The molecule has 1 saturated heterocycles. The quantitative estimate of drug-likeness (QED) is 0.756. The molecule has 0 atom stereocenters. The first kappa shape index (κ1) is 18.8. The summed E-state index contributed by atoms with van der Waals surface area (Å²) < 4.78 is 23.4. The smallest absolute Gasteiger partial charge is 0.295 e. The van der Waals surface area contributed by atoms with Crippen molar-refractivity contribution in [3.63, 3.8) is 0 Å². The normalized spacial score (nSPS) is 15.4. The van der Waals surface area contributed by atoms with Gasteiger partial charge in [0.25, 0.3) is 11.1 Å². The highest BCUT2D eigenvalue weighted by atomic mass is 32.2. The molecule has 27 heavy (non-hydrogen) atoms. The molecular formula is C19H17FN2O4S. The van der Waals surface area contributed by atoms with Crippen LogP contribution in [0.3, 0.4) is 0 Å². The van der Waals surface area contributed by atoms with Crippen LogP contribution in [0.4, 0.5) is 14.9 Å². The van der Waals surface area contributed by atoms with E-state index in [1.165, 1.54) is 19.2 Å². The molecule has 0 radical (unpaired) electrons. The molecule has 3 rings (SSSR count). The number of imide groups is 1. The lowest BCUT2D eigenvalue weighted by Gasteiger charge is -2.17. The van der Waals surface area contributed by atoms with E-state index in [0.717, 1.165) is 16.7 Å². The zero-order chi connectivity index (χ0) is 19.4. The number of carbonyl (C=O) groups is 2. The van der Waals surface area contributed by atoms with Crippen LogP contribution in [-0.4, -0.2) is 36.9 Å². The number of hydrogen-bond acceptors (Lipinski definition) is 6. The van der Waals surface area contributed by atoms with Gasteiger partial charge in [-0.05, 0) is 47.7 Å². The van der Waals surface area contributed by atoms with Crippen LogP contribution in [-0.2, 0) is 4.79 Å². The molecule has 2 aromatic carbocycles. The van der Waals surface area contributed by atoms with E-state index in [4.69, 9.17) is 9.47 Å². The lowest BCUT2D eigenvalue weighted by Crippen LogP contribution is -2.33. The molecule has 0 spiro atoms. The highest BCUT2D eigenvalue weighted by Gasteiger charge is 2.34. The van der Waals surface area contributed by atoms with Gasteiger partial charge in [-0.2, -0.15) is 0 Å². The maximum Gasteiger partial charge on any atom is 0.295 e. The van der Waals surface area contributed by atoms with Crippen molar-refractivity contribution >= 4 is 34.7 Å². The molecular weight excluding hydrogens is 371 g/mol. The van der Waals surface area contributed by atoms with Gasteiger partial charge in [0.2, 0.25) is 0 Å². The molecule has 1 fully saturated rings. The zero-order valence-corrected chi connectivity index (χ0v) is 15.5. The summed E-state index contributed by atoms with van der Waals surface area (Å²) >= 11 is 0.846. The number of nitrogens with zero attached hydrogens (tertiary/aromatic N) is 1. The molecule has 1 N–H and O–H groups in total. The Balaban J connectivity index is 1.72. The predicted molar refractivity (Wildman–Crippen MR) is 102 cm³/mol. The molecule has 1 heterocycles. The van der Waals surface area contributed by atoms with Gasteiger partial charge >= 0.3 is 0 Å². The minimum absolute atomic E-state index is 0.00584. The van der Waals surface area contributed by atoms with Gasteiger partial charge in [0.15, 0.2) is 0 Å². The van der Waals surface area contributed by atoms with Gasteiger partial charge in [-0.3, -0.25) is 14.5 Å². The first-order valence-corrected chi connectivity index (χ1v) is 8.80. The third kappa shape index (κ3) is 4.22. The summed E-state index contributed by atoms with van der Waals surface area (Å²) in [4.78, 5) is 26.1. The second kappa shape index (κ2) is 8.13. The van der Waals surface area contributed by atoms with Crippen molar-refractivity contribution in [3.05, 3.63) is 58.8 Å². The van der Waals surface area contributed by atoms with Crippen molar-refractivity contribution in [3.8, 4) is 11.5 Å². The van der Waals surface area contributed by atoms with Gasteiger partial charge in [-0.15, -0.1) is 0 Å². The van der Waals surface area contributed by atoms with Gasteiger partial charge in [-0.1, -0.05) is 12.1 Å². The molecule has 1 aliphatic rings. The summed E-state index contributed by atoms with van der Waals surface area (Å²) in [6.07, 6.45) is 1.57. The topological polar surface area (TPSA) is 67.9 Å². The number of amides is 2. The zero-order valence-electron chi connectivity index (χ0n) is 14.7. The number of hydrogen-bond donors (Lipinski definition) is 1.